The second kappa shape index (κ2) is 6.58. The molecule has 0 radical (unpaired) electrons. The Morgan fingerprint density at radius 3 is 2.67 bits per heavy atom. The van der Waals surface area contributed by atoms with Crippen LogP contribution < -0.4 is 10.2 Å². The molecule has 114 valence electrons. The maximum absolute atomic E-state index is 11.7. The first-order valence-electron chi connectivity index (χ1n) is 7.89. The van der Waals surface area contributed by atoms with Crippen LogP contribution in [0.1, 0.15) is 31.2 Å². The first kappa shape index (κ1) is 14.5. The summed E-state index contributed by atoms with van der Waals surface area (Å²) in [7, 11) is 1.76. The van der Waals surface area contributed by atoms with Crippen LogP contribution in [0.5, 0.6) is 0 Å². The Kier molecular flexibility index (Phi) is 4.56. The van der Waals surface area contributed by atoms with Crippen LogP contribution in [0.25, 0.3) is 0 Å². The minimum atomic E-state index is 0.245. The van der Waals surface area contributed by atoms with Gasteiger partial charge in [0.1, 0.15) is 0 Å². The van der Waals surface area contributed by atoms with E-state index < -0.39 is 0 Å². The molecule has 4 nitrogen and oxygen atoms in total. The average Bonchev–Trinajstić information content (AvgIpc) is 3.26. The molecule has 4 heteroatoms. The summed E-state index contributed by atoms with van der Waals surface area (Å²) in [4.78, 5) is 13.6. The van der Waals surface area contributed by atoms with Gasteiger partial charge in [-0.05, 0) is 42.9 Å². The molecule has 1 N–H and O–H groups in total. The zero-order valence-corrected chi connectivity index (χ0v) is 12.7. The molecule has 1 heterocycles. The van der Waals surface area contributed by atoms with Crippen molar-refractivity contribution in [2.45, 2.75) is 38.3 Å². The zero-order valence-electron chi connectivity index (χ0n) is 12.7. The molecular weight excluding hydrogens is 264 g/mol. The molecule has 1 aromatic rings. The molecule has 2 aliphatic rings. The fourth-order valence-electron chi connectivity index (χ4n) is 3.00. The Balaban J connectivity index is 1.55. The molecule has 2 fully saturated rings. The Labute approximate surface area is 126 Å². The van der Waals surface area contributed by atoms with E-state index in [9.17, 15) is 4.79 Å². The molecule has 0 aromatic heterocycles. The maximum Gasteiger partial charge on any atom is 0.227 e. The average molecular weight is 288 g/mol. The van der Waals surface area contributed by atoms with E-state index >= 15 is 0 Å². The van der Waals surface area contributed by atoms with E-state index in [4.69, 9.17) is 4.74 Å². The van der Waals surface area contributed by atoms with Gasteiger partial charge in [0.15, 0.2) is 0 Å². The molecule has 1 atom stereocenters. The van der Waals surface area contributed by atoms with E-state index in [1.54, 1.807) is 7.11 Å². The van der Waals surface area contributed by atoms with Gasteiger partial charge in [0.05, 0.1) is 6.61 Å². The van der Waals surface area contributed by atoms with Gasteiger partial charge in [-0.15, -0.1) is 0 Å². The van der Waals surface area contributed by atoms with Gasteiger partial charge in [0.2, 0.25) is 5.91 Å². The lowest BCUT2D eigenvalue weighted by molar-refractivity contribution is -0.117. The summed E-state index contributed by atoms with van der Waals surface area (Å²) in [6.07, 6.45) is 4.29. The molecule has 1 aliphatic heterocycles. The van der Waals surface area contributed by atoms with E-state index in [2.05, 4.69) is 29.6 Å². The molecule has 1 aliphatic carbocycles. The van der Waals surface area contributed by atoms with Crippen LogP contribution in [0.3, 0.4) is 0 Å². The Morgan fingerprint density at radius 1 is 1.33 bits per heavy atom. The minimum Gasteiger partial charge on any atom is -0.383 e. The third-order valence-electron chi connectivity index (χ3n) is 4.43. The summed E-state index contributed by atoms with van der Waals surface area (Å²) in [6.45, 7) is 2.50. The predicted molar refractivity (Wildman–Crippen MR) is 83.3 cm³/mol. The third kappa shape index (κ3) is 3.63. The van der Waals surface area contributed by atoms with Gasteiger partial charge >= 0.3 is 0 Å². The monoisotopic (exact) mass is 288 g/mol. The number of hydrogen-bond acceptors (Lipinski definition) is 3. The van der Waals surface area contributed by atoms with Crippen molar-refractivity contribution in [3.05, 3.63) is 29.8 Å². The van der Waals surface area contributed by atoms with Gasteiger partial charge in [0.25, 0.3) is 0 Å². The highest BCUT2D eigenvalue weighted by molar-refractivity contribution is 5.95. The van der Waals surface area contributed by atoms with Crippen molar-refractivity contribution in [3.8, 4) is 0 Å². The largest absolute Gasteiger partial charge is 0.383 e. The number of ether oxygens (including phenoxy) is 1. The third-order valence-corrected chi connectivity index (χ3v) is 4.43. The second-order valence-electron chi connectivity index (χ2n) is 6.10. The van der Waals surface area contributed by atoms with E-state index in [1.165, 1.54) is 18.4 Å². The van der Waals surface area contributed by atoms with Crippen LogP contribution in [0, 0.1) is 5.92 Å². The standard InChI is InChI=1S/C17H24N2O2/c1-21-12-16(14-6-7-14)18-11-13-4-8-15(9-5-13)19-10-2-3-17(19)20/h4-5,8-9,14,16,18H,2-3,6-7,10-12H2,1H3. The summed E-state index contributed by atoms with van der Waals surface area (Å²) in [5.41, 5.74) is 2.28. The summed E-state index contributed by atoms with van der Waals surface area (Å²) in [5, 5.41) is 3.59. The Bertz CT molecular complexity index is 482. The number of benzene rings is 1. The number of carbonyl (C=O) groups excluding carboxylic acids is 1. The second-order valence-corrected chi connectivity index (χ2v) is 6.10. The van der Waals surface area contributed by atoms with Crippen molar-refractivity contribution in [3.63, 3.8) is 0 Å². The summed E-state index contributed by atoms with van der Waals surface area (Å²) in [6, 6.07) is 8.82. The molecule has 0 bridgehead atoms. The summed E-state index contributed by atoms with van der Waals surface area (Å²) >= 11 is 0. The number of nitrogens with zero attached hydrogens (tertiary/aromatic N) is 1. The molecule has 1 saturated carbocycles. The van der Waals surface area contributed by atoms with Crippen molar-refractivity contribution >= 4 is 11.6 Å². The lowest BCUT2D eigenvalue weighted by Gasteiger charge is -2.18. The molecule has 1 amide bonds. The fraction of sp³-hybridized carbons (Fsp3) is 0.588. The van der Waals surface area contributed by atoms with Crippen LogP contribution in [-0.2, 0) is 16.1 Å². The number of rotatable bonds is 7. The predicted octanol–water partition coefficient (Wildman–Crippen LogP) is 2.33. The minimum absolute atomic E-state index is 0.245. The van der Waals surface area contributed by atoms with Crippen molar-refractivity contribution in [2.24, 2.45) is 5.92 Å². The molecule has 3 rings (SSSR count). The van der Waals surface area contributed by atoms with Crippen LogP contribution in [0.4, 0.5) is 5.69 Å². The normalized spacial score (nSPS) is 20.0. The quantitative estimate of drug-likeness (QED) is 0.837. The van der Waals surface area contributed by atoms with Crippen LogP contribution in [-0.4, -0.2) is 32.2 Å². The van der Waals surface area contributed by atoms with Crippen molar-refractivity contribution in [1.82, 2.24) is 5.32 Å². The van der Waals surface area contributed by atoms with Gasteiger partial charge in [-0.3, -0.25) is 4.79 Å². The number of amides is 1. The molecule has 1 aromatic carbocycles. The highest BCUT2D eigenvalue weighted by atomic mass is 16.5. The van der Waals surface area contributed by atoms with Crippen LogP contribution in [0.2, 0.25) is 0 Å². The van der Waals surface area contributed by atoms with Gasteiger partial charge in [0, 0.05) is 38.3 Å². The zero-order chi connectivity index (χ0) is 14.7. The van der Waals surface area contributed by atoms with Crippen molar-refractivity contribution < 1.29 is 9.53 Å². The highest BCUT2D eigenvalue weighted by Gasteiger charge is 2.30. The lowest BCUT2D eigenvalue weighted by Crippen LogP contribution is -2.34. The molecule has 1 saturated heterocycles. The molecule has 1 unspecified atom stereocenters. The van der Waals surface area contributed by atoms with E-state index in [1.807, 2.05) is 4.90 Å². The van der Waals surface area contributed by atoms with Crippen LogP contribution >= 0.6 is 0 Å². The lowest BCUT2D eigenvalue weighted by atomic mass is 10.1. The number of methoxy groups -OCH3 is 1. The maximum atomic E-state index is 11.7. The van der Waals surface area contributed by atoms with Gasteiger partial charge in [-0.25, -0.2) is 0 Å². The number of nitrogens with one attached hydrogen (secondary N) is 1. The number of hydrogen-bond donors (Lipinski definition) is 1. The summed E-state index contributed by atoms with van der Waals surface area (Å²) < 4.78 is 5.29. The molecular formula is C17H24N2O2. The van der Waals surface area contributed by atoms with Crippen LogP contribution in [0.15, 0.2) is 24.3 Å². The smallest absolute Gasteiger partial charge is 0.227 e. The Morgan fingerprint density at radius 2 is 2.10 bits per heavy atom. The Hall–Kier alpha value is -1.39. The highest BCUT2D eigenvalue weighted by Crippen LogP contribution is 2.32. The summed E-state index contributed by atoms with van der Waals surface area (Å²) in [5.74, 6) is 1.03. The first-order chi connectivity index (χ1) is 10.3. The van der Waals surface area contributed by atoms with Gasteiger partial charge in [-0.1, -0.05) is 12.1 Å². The van der Waals surface area contributed by atoms with E-state index in [0.29, 0.717) is 12.5 Å². The topological polar surface area (TPSA) is 41.6 Å². The molecule has 0 spiro atoms. The SMILES string of the molecule is COCC(NCc1ccc(N2CCCC2=O)cc1)C1CC1. The first-order valence-corrected chi connectivity index (χ1v) is 7.89. The van der Waals surface area contributed by atoms with E-state index in [0.717, 1.165) is 37.7 Å². The number of anilines is 1. The fourth-order valence-corrected chi connectivity index (χ4v) is 3.00. The van der Waals surface area contributed by atoms with Gasteiger partial charge in [-0.2, -0.15) is 0 Å². The van der Waals surface area contributed by atoms with Gasteiger partial charge < -0.3 is 15.0 Å². The molecule has 21 heavy (non-hydrogen) atoms. The number of carbonyl (C=O) groups is 1. The van der Waals surface area contributed by atoms with Crippen molar-refractivity contribution in [2.75, 3.05) is 25.2 Å². The van der Waals surface area contributed by atoms with Crippen molar-refractivity contribution in [1.29, 1.82) is 0 Å². The van der Waals surface area contributed by atoms with E-state index in [-0.39, 0.29) is 5.91 Å².